The largest absolute Gasteiger partial charge is 1.00 e. The van der Waals surface area contributed by atoms with E-state index in [-0.39, 0.29) is 42.4 Å². The third-order valence-corrected chi connectivity index (χ3v) is 7.85. The average molecular weight is 815 g/mol. The molecule has 0 spiro atoms. The number of esters is 2. The maximum Gasteiger partial charge on any atom is 1.00 e. The van der Waals surface area contributed by atoms with Crippen LogP contribution in [-0.2, 0) is 28.2 Å². The summed E-state index contributed by atoms with van der Waals surface area (Å²) >= 11 is 0. The van der Waals surface area contributed by atoms with E-state index in [0.29, 0.717) is 12.8 Å². The van der Waals surface area contributed by atoms with E-state index in [4.69, 9.17) is 14.4 Å². The molecule has 0 amide bonds. The van der Waals surface area contributed by atoms with Gasteiger partial charge in [-0.25, -0.2) is 0 Å². The molecule has 0 aromatic carbocycles. The van der Waals surface area contributed by atoms with Gasteiger partial charge < -0.3 is 23.8 Å². The number of carbonyl (C=O) groups excluding carboxylic acids is 2. The van der Waals surface area contributed by atoms with Crippen molar-refractivity contribution in [1.29, 1.82) is 0 Å². The second-order valence-electron chi connectivity index (χ2n) is 12.5. The van der Waals surface area contributed by atoms with Gasteiger partial charge in [-0.3, -0.25) is 14.2 Å². The van der Waals surface area contributed by atoms with E-state index in [1.54, 1.807) is 0 Å². The van der Waals surface area contributed by atoms with E-state index in [9.17, 15) is 19.0 Å². The topological polar surface area (TPSA) is 122 Å². The zero-order chi connectivity index (χ0) is 41.1. The summed E-state index contributed by atoms with van der Waals surface area (Å²) in [7, 11) is -5.05. The van der Waals surface area contributed by atoms with Crippen molar-refractivity contribution < 1.29 is 67.5 Å². The normalized spacial score (nSPS) is 14.6. The van der Waals surface area contributed by atoms with Crippen LogP contribution in [0.4, 0.5) is 0 Å². The molecule has 8 nitrogen and oxygen atoms in total. The predicted octanol–water partition coefficient (Wildman–Crippen LogP) is 8.88. The van der Waals surface area contributed by atoms with Crippen LogP contribution in [0.2, 0.25) is 0 Å². The van der Waals surface area contributed by atoms with Gasteiger partial charge in [-0.05, 0) is 89.9 Å². The number of phosphoric ester groups is 1. The van der Waals surface area contributed by atoms with Crippen molar-refractivity contribution in [3.05, 3.63) is 146 Å². The van der Waals surface area contributed by atoms with Crippen molar-refractivity contribution in [1.82, 2.24) is 0 Å². The first kappa shape index (κ1) is 56.0. The van der Waals surface area contributed by atoms with Crippen molar-refractivity contribution >= 4 is 19.8 Å². The van der Waals surface area contributed by atoms with E-state index in [1.165, 1.54) is 0 Å². The predicted molar refractivity (Wildman–Crippen MR) is 232 cm³/mol. The number of ether oxygens (including phenoxy) is 2. The standard InChI is InChI=1S/C47H69O8P.Na/c1-3-5-7-9-11-13-15-17-19-21-23-25-27-29-31-33-35-37-39-41-46(48)53-43-45(44-54-56(50,51)52)55-47(49)42-40-38-36-34-32-30-28-26-24-22-20-18-16-14-12-10-8-6-4-2;/h5-8,11-14,17-20,23-26,29-32,35-38,45H,3-4,9-10,15-16,21-22,27-28,33-34,39-44H2,1-2H3,(H2,50,51,52);/q;+1/p-1/b7-5+,8-6+,13-11+,14-12+,19-17+,20-18+,25-23+,26-24+,31-29+,32-30+,37-35+,38-36+;/t45-;/m1./s1. The number of allylic oxidation sites excluding steroid dienone is 24. The Morgan fingerprint density at radius 3 is 1.07 bits per heavy atom. The van der Waals surface area contributed by atoms with Gasteiger partial charge in [0.25, 0.3) is 7.82 Å². The van der Waals surface area contributed by atoms with Gasteiger partial charge in [0.1, 0.15) is 6.61 Å². The number of hydrogen-bond acceptors (Lipinski definition) is 7. The molecule has 0 aliphatic rings. The summed E-state index contributed by atoms with van der Waals surface area (Å²) in [6, 6.07) is 0. The summed E-state index contributed by atoms with van der Waals surface area (Å²) in [6.45, 7) is 3.21. The smallest absolute Gasteiger partial charge is 0.756 e. The summed E-state index contributed by atoms with van der Waals surface area (Å²) in [5, 5.41) is 0. The first-order chi connectivity index (χ1) is 27.3. The fourth-order valence-electron chi connectivity index (χ4n) is 4.48. The second kappa shape index (κ2) is 44.0. The van der Waals surface area contributed by atoms with Crippen LogP contribution in [-0.4, -0.2) is 36.1 Å². The Morgan fingerprint density at radius 2 is 0.772 bits per heavy atom. The van der Waals surface area contributed by atoms with Gasteiger partial charge in [0, 0.05) is 12.8 Å². The summed E-state index contributed by atoms with van der Waals surface area (Å²) in [6.07, 6.45) is 61.4. The fraction of sp³-hybridized carbons (Fsp3) is 0.447. The maximum atomic E-state index is 12.3. The van der Waals surface area contributed by atoms with Gasteiger partial charge in [-0.1, -0.05) is 160 Å². The fourth-order valence-corrected chi connectivity index (χ4v) is 4.83. The Morgan fingerprint density at radius 1 is 0.491 bits per heavy atom. The average Bonchev–Trinajstić information content (AvgIpc) is 3.17. The maximum absolute atomic E-state index is 12.3. The van der Waals surface area contributed by atoms with Crippen LogP contribution in [0.5, 0.6) is 0 Å². The zero-order valence-corrected chi connectivity index (χ0v) is 37.8. The van der Waals surface area contributed by atoms with Crippen molar-refractivity contribution in [3.63, 3.8) is 0 Å². The second-order valence-corrected chi connectivity index (χ2v) is 13.7. The van der Waals surface area contributed by atoms with E-state index in [0.717, 1.165) is 77.0 Å². The summed E-state index contributed by atoms with van der Waals surface area (Å²) in [5.74, 6) is -1.14. The zero-order valence-electron chi connectivity index (χ0n) is 34.9. The first-order valence-electron chi connectivity index (χ1n) is 20.1. The van der Waals surface area contributed by atoms with Gasteiger partial charge >= 0.3 is 41.5 Å². The van der Waals surface area contributed by atoms with E-state index >= 15 is 0 Å². The molecule has 0 rings (SSSR count). The van der Waals surface area contributed by atoms with Gasteiger partial charge in [-0.15, -0.1) is 0 Å². The van der Waals surface area contributed by atoms with Crippen LogP contribution >= 0.6 is 7.82 Å². The van der Waals surface area contributed by atoms with Crippen LogP contribution in [0.25, 0.3) is 0 Å². The molecule has 1 N–H and O–H groups in total. The molecule has 1 unspecified atom stereocenters. The molecule has 10 heteroatoms. The molecule has 0 saturated carbocycles. The van der Waals surface area contributed by atoms with Gasteiger partial charge in [0.2, 0.25) is 0 Å². The number of phosphoric acid groups is 1. The van der Waals surface area contributed by atoms with Crippen LogP contribution in [0, 0.1) is 0 Å². The number of rotatable bonds is 34. The molecule has 0 bridgehead atoms. The first-order valence-corrected chi connectivity index (χ1v) is 21.6. The number of hydrogen-bond donors (Lipinski definition) is 1. The Hall–Kier alpha value is -3.07. The molecule has 0 aliphatic heterocycles. The minimum Gasteiger partial charge on any atom is -0.756 e. The van der Waals surface area contributed by atoms with Crippen molar-refractivity contribution in [2.45, 2.75) is 123 Å². The molecule has 0 aromatic rings. The Labute approximate surface area is 366 Å². The van der Waals surface area contributed by atoms with E-state index in [2.05, 4.69) is 134 Å². The van der Waals surface area contributed by atoms with Gasteiger partial charge in [-0.2, -0.15) is 0 Å². The molecular formula is C47H68NaO8P. The van der Waals surface area contributed by atoms with Gasteiger partial charge in [0.05, 0.1) is 6.61 Å². The van der Waals surface area contributed by atoms with Crippen molar-refractivity contribution in [3.8, 4) is 0 Å². The minimum atomic E-state index is -5.05. The third kappa shape index (κ3) is 47.2. The summed E-state index contributed by atoms with van der Waals surface area (Å²) in [4.78, 5) is 44.6. The van der Waals surface area contributed by atoms with Crippen molar-refractivity contribution in [2.75, 3.05) is 13.2 Å². The van der Waals surface area contributed by atoms with Crippen LogP contribution in [0.1, 0.15) is 117 Å². The van der Waals surface area contributed by atoms with Gasteiger partial charge in [0.15, 0.2) is 6.10 Å². The van der Waals surface area contributed by atoms with Crippen LogP contribution in [0.15, 0.2) is 146 Å². The molecule has 2 atom stereocenters. The molecule has 0 saturated heterocycles. The summed E-state index contributed by atoms with van der Waals surface area (Å²) in [5.41, 5.74) is 0. The van der Waals surface area contributed by atoms with Crippen LogP contribution < -0.4 is 34.5 Å². The van der Waals surface area contributed by atoms with E-state index < -0.39 is 39.1 Å². The Kier molecular flexibility index (Phi) is 43.3. The monoisotopic (exact) mass is 814 g/mol. The molecule has 310 valence electrons. The molecule has 0 aromatic heterocycles. The Balaban J connectivity index is 0. The van der Waals surface area contributed by atoms with E-state index in [1.807, 2.05) is 30.4 Å². The molecule has 0 radical (unpaired) electrons. The Bertz CT molecular complexity index is 1410. The minimum absolute atomic E-state index is 0. The molecule has 0 heterocycles. The number of carbonyl (C=O) groups is 2. The molecular weight excluding hydrogens is 746 g/mol. The van der Waals surface area contributed by atoms with Crippen molar-refractivity contribution in [2.24, 2.45) is 0 Å². The molecule has 0 fully saturated rings. The molecule has 0 aliphatic carbocycles. The van der Waals surface area contributed by atoms with Crippen LogP contribution in [0.3, 0.4) is 0 Å². The summed E-state index contributed by atoms with van der Waals surface area (Å²) < 4.78 is 25.9. The third-order valence-electron chi connectivity index (χ3n) is 7.38. The molecule has 57 heavy (non-hydrogen) atoms. The quantitative estimate of drug-likeness (QED) is 0.0296. The SMILES string of the molecule is CC/C=C/C/C=C/C/C=C/C/C=C/C/C=C/C/C=C/CCC(=O)OC[C@H](COP(=O)([O-])O)OC(=O)CC/C=C/C/C=C/C/C=C/C/C=C/C/C=C/C/C=C/CC.[Na+].